The van der Waals surface area contributed by atoms with Crippen LogP contribution in [0.15, 0.2) is 54.6 Å². The highest BCUT2D eigenvalue weighted by molar-refractivity contribution is 5.32. The van der Waals surface area contributed by atoms with E-state index in [4.69, 9.17) is 4.74 Å². The smallest absolute Gasteiger partial charge is 0.127 e. The molecule has 0 N–H and O–H groups in total. The van der Waals surface area contributed by atoms with Gasteiger partial charge in [0.1, 0.15) is 11.5 Å². The molecule has 0 amide bonds. The van der Waals surface area contributed by atoms with Crippen molar-refractivity contribution in [2.45, 2.75) is 40.0 Å². The van der Waals surface area contributed by atoms with Gasteiger partial charge in [0.05, 0.1) is 0 Å². The first-order valence-corrected chi connectivity index (χ1v) is 7.12. The van der Waals surface area contributed by atoms with Crippen LogP contribution in [0.2, 0.25) is 0 Å². The van der Waals surface area contributed by atoms with Gasteiger partial charge in [-0.05, 0) is 36.2 Å². The predicted molar refractivity (Wildman–Crippen MR) is 82.9 cm³/mol. The van der Waals surface area contributed by atoms with E-state index >= 15 is 0 Å². The molecule has 0 aromatic heterocycles. The second-order valence-corrected chi connectivity index (χ2v) is 4.52. The Kier molecular flexibility index (Phi) is 7.41. The lowest BCUT2D eigenvalue weighted by atomic mass is 10.1. The molecule has 0 bridgehead atoms. The molecule has 0 spiro atoms. The lowest BCUT2D eigenvalue weighted by molar-refractivity contribution is 0.482. The molecule has 0 unspecified atom stereocenters. The normalized spacial score (nSPS) is 9.42. The highest BCUT2D eigenvalue weighted by Crippen LogP contribution is 2.21. The summed E-state index contributed by atoms with van der Waals surface area (Å²) in [7, 11) is 0. The topological polar surface area (TPSA) is 9.23 Å². The Morgan fingerprint density at radius 2 is 1.26 bits per heavy atom. The summed E-state index contributed by atoms with van der Waals surface area (Å²) < 4.78 is 5.71. The number of ether oxygens (including phenoxy) is 1. The molecule has 0 heterocycles. The maximum absolute atomic E-state index is 5.71. The van der Waals surface area contributed by atoms with Crippen molar-refractivity contribution in [1.82, 2.24) is 0 Å². The van der Waals surface area contributed by atoms with Gasteiger partial charge >= 0.3 is 0 Å². The molecular formula is C18H24O. The van der Waals surface area contributed by atoms with Gasteiger partial charge in [0.2, 0.25) is 0 Å². The van der Waals surface area contributed by atoms with E-state index in [0.29, 0.717) is 0 Å². The van der Waals surface area contributed by atoms with Gasteiger partial charge in [0.15, 0.2) is 0 Å². The molecule has 2 rings (SSSR count). The van der Waals surface area contributed by atoms with Gasteiger partial charge < -0.3 is 4.74 Å². The molecule has 1 heteroatoms. The summed E-state index contributed by atoms with van der Waals surface area (Å²) in [6.07, 6.45) is 3.56. The zero-order valence-corrected chi connectivity index (χ0v) is 12.2. The van der Waals surface area contributed by atoms with Gasteiger partial charge in [-0.3, -0.25) is 0 Å². The minimum absolute atomic E-state index is 0.880. The number of benzene rings is 2. The van der Waals surface area contributed by atoms with Crippen LogP contribution < -0.4 is 4.74 Å². The third-order valence-electron chi connectivity index (χ3n) is 2.44. The Labute approximate surface area is 117 Å². The van der Waals surface area contributed by atoms with Crippen molar-refractivity contribution in [3.05, 3.63) is 60.2 Å². The standard InChI is InChI=1S/C15H16O.C3H8/c1-2-6-13-9-11-15(12-10-13)16-14-7-4-3-5-8-14;1-3-2/h3-5,7-12H,2,6H2,1H3;3H2,1-2H3. The van der Waals surface area contributed by atoms with Crippen LogP contribution in [0.4, 0.5) is 0 Å². The summed E-state index contributed by atoms with van der Waals surface area (Å²) in [6, 6.07) is 18.2. The van der Waals surface area contributed by atoms with Crippen molar-refractivity contribution in [3.63, 3.8) is 0 Å². The van der Waals surface area contributed by atoms with Crippen molar-refractivity contribution in [2.24, 2.45) is 0 Å². The maximum atomic E-state index is 5.71. The first-order chi connectivity index (χ1) is 9.30. The molecule has 0 aliphatic heterocycles. The predicted octanol–water partition coefficient (Wildman–Crippen LogP) is 5.85. The van der Waals surface area contributed by atoms with E-state index in [1.165, 1.54) is 18.4 Å². The molecule has 0 saturated heterocycles. The number of para-hydroxylation sites is 1. The summed E-state index contributed by atoms with van der Waals surface area (Å²) in [5.41, 5.74) is 1.36. The van der Waals surface area contributed by atoms with E-state index in [2.05, 4.69) is 32.9 Å². The highest BCUT2D eigenvalue weighted by atomic mass is 16.5. The highest BCUT2D eigenvalue weighted by Gasteiger charge is 1.96. The van der Waals surface area contributed by atoms with Gasteiger partial charge in [0, 0.05) is 0 Å². The van der Waals surface area contributed by atoms with Crippen LogP contribution in [-0.2, 0) is 6.42 Å². The monoisotopic (exact) mass is 256 g/mol. The second-order valence-electron chi connectivity index (χ2n) is 4.52. The van der Waals surface area contributed by atoms with Crippen LogP contribution in [0.3, 0.4) is 0 Å². The molecule has 0 saturated carbocycles. The maximum Gasteiger partial charge on any atom is 0.127 e. The van der Waals surface area contributed by atoms with Gasteiger partial charge in [-0.25, -0.2) is 0 Å². The molecular weight excluding hydrogens is 232 g/mol. The summed E-state index contributed by atoms with van der Waals surface area (Å²) in [5, 5.41) is 0. The second kappa shape index (κ2) is 9.21. The molecule has 0 fully saturated rings. The van der Waals surface area contributed by atoms with Crippen LogP contribution in [0.25, 0.3) is 0 Å². The fourth-order valence-electron chi connectivity index (χ4n) is 1.64. The fraction of sp³-hybridized carbons (Fsp3) is 0.333. The van der Waals surface area contributed by atoms with Crippen LogP contribution in [0.1, 0.15) is 39.2 Å². The third-order valence-corrected chi connectivity index (χ3v) is 2.44. The van der Waals surface area contributed by atoms with Gasteiger partial charge in [-0.1, -0.05) is 63.9 Å². The minimum atomic E-state index is 0.880. The molecule has 1 nitrogen and oxygen atoms in total. The van der Waals surface area contributed by atoms with Crippen molar-refractivity contribution >= 4 is 0 Å². The molecule has 2 aromatic rings. The molecule has 19 heavy (non-hydrogen) atoms. The van der Waals surface area contributed by atoms with E-state index in [1.807, 2.05) is 42.5 Å². The van der Waals surface area contributed by atoms with Crippen LogP contribution in [0, 0.1) is 0 Å². The Balaban J connectivity index is 0.000000550. The summed E-state index contributed by atoms with van der Waals surface area (Å²) in [4.78, 5) is 0. The third kappa shape index (κ3) is 6.10. The van der Waals surface area contributed by atoms with E-state index in [-0.39, 0.29) is 0 Å². The summed E-state index contributed by atoms with van der Waals surface area (Å²) >= 11 is 0. The Hall–Kier alpha value is -1.76. The minimum Gasteiger partial charge on any atom is -0.457 e. The number of aryl methyl sites for hydroxylation is 1. The molecule has 0 aliphatic rings. The summed E-state index contributed by atoms with van der Waals surface area (Å²) in [6.45, 7) is 6.44. The average Bonchev–Trinajstić information content (AvgIpc) is 2.43. The van der Waals surface area contributed by atoms with Crippen LogP contribution in [-0.4, -0.2) is 0 Å². The van der Waals surface area contributed by atoms with E-state index in [0.717, 1.165) is 17.9 Å². The Morgan fingerprint density at radius 3 is 1.79 bits per heavy atom. The van der Waals surface area contributed by atoms with E-state index < -0.39 is 0 Å². The van der Waals surface area contributed by atoms with Crippen LogP contribution >= 0.6 is 0 Å². The van der Waals surface area contributed by atoms with Crippen molar-refractivity contribution in [2.75, 3.05) is 0 Å². The van der Waals surface area contributed by atoms with Crippen molar-refractivity contribution in [1.29, 1.82) is 0 Å². The van der Waals surface area contributed by atoms with Crippen molar-refractivity contribution < 1.29 is 4.74 Å². The van der Waals surface area contributed by atoms with E-state index in [9.17, 15) is 0 Å². The van der Waals surface area contributed by atoms with Gasteiger partial charge in [-0.15, -0.1) is 0 Å². The average molecular weight is 256 g/mol. The van der Waals surface area contributed by atoms with Gasteiger partial charge in [0.25, 0.3) is 0 Å². The first kappa shape index (κ1) is 15.3. The molecule has 0 atom stereocenters. The number of rotatable bonds is 4. The van der Waals surface area contributed by atoms with Crippen molar-refractivity contribution in [3.8, 4) is 11.5 Å². The fourth-order valence-corrected chi connectivity index (χ4v) is 1.64. The SMILES string of the molecule is CCC.CCCc1ccc(Oc2ccccc2)cc1. The lowest BCUT2D eigenvalue weighted by Crippen LogP contribution is -1.85. The summed E-state index contributed by atoms with van der Waals surface area (Å²) in [5.74, 6) is 1.77. The first-order valence-electron chi connectivity index (χ1n) is 7.12. The van der Waals surface area contributed by atoms with E-state index in [1.54, 1.807) is 0 Å². The molecule has 0 radical (unpaired) electrons. The zero-order chi connectivity index (χ0) is 13.9. The zero-order valence-electron chi connectivity index (χ0n) is 12.2. The van der Waals surface area contributed by atoms with Gasteiger partial charge in [-0.2, -0.15) is 0 Å². The molecule has 2 aromatic carbocycles. The Morgan fingerprint density at radius 1 is 0.737 bits per heavy atom. The Bertz CT molecular complexity index is 431. The number of hydrogen-bond acceptors (Lipinski definition) is 1. The quantitative estimate of drug-likeness (QED) is 0.667. The lowest BCUT2D eigenvalue weighted by Gasteiger charge is -2.06. The molecule has 102 valence electrons. The number of hydrogen-bond donors (Lipinski definition) is 0. The molecule has 0 aliphatic carbocycles. The largest absolute Gasteiger partial charge is 0.457 e. The van der Waals surface area contributed by atoms with Crippen LogP contribution in [0.5, 0.6) is 11.5 Å².